The first kappa shape index (κ1) is 34.2. The van der Waals surface area contributed by atoms with Gasteiger partial charge in [0.05, 0.1) is 24.2 Å². The van der Waals surface area contributed by atoms with Gasteiger partial charge in [0.1, 0.15) is 15.7 Å². The lowest BCUT2D eigenvalue weighted by Crippen LogP contribution is -2.50. The molecule has 6 aliphatic rings. The van der Waals surface area contributed by atoms with Crippen molar-refractivity contribution in [1.82, 2.24) is 4.72 Å². The molecule has 0 aromatic heterocycles. The topological polar surface area (TPSA) is 97.3 Å². The van der Waals surface area contributed by atoms with Gasteiger partial charge in [-0.25, -0.2) is 4.21 Å². The standard InChI is InChI=1S/C40H50ClN3O5S/c1-26-6-3-8-35(48-2)32-12-9-29(32)22-44-24-40(17-4-7-27-18-31(41)11-13-33(27)40)25-49-36-14-10-28(19-34(36)44)37(45)42-50(47,23-26)43-38(46)30-20-39(21-30)15-5-16-39/h3,8,10-11,13-14,18-19,26,29-30,32,35H,4-7,9,12,15-17,20-25H2,1-2H3,(H,42,43,45,46,47)/b8-3+/t26-,29-,32+,35-,40-,50?/m0/s1. The number of methoxy groups -OCH3 is 1. The molecule has 3 saturated carbocycles. The summed E-state index contributed by atoms with van der Waals surface area (Å²) in [5.41, 5.74) is 3.85. The van der Waals surface area contributed by atoms with E-state index in [1.807, 2.05) is 25.1 Å². The molecular formula is C40H50ClN3O5S. The van der Waals surface area contributed by atoms with E-state index in [2.05, 4.69) is 38.3 Å². The van der Waals surface area contributed by atoms with Crippen molar-refractivity contribution in [1.29, 1.82) is 0 Å². The molecule has 50 heavy (non-hydrogen) atoms. The third-order valence-electron chi connectivity index (χ3n) is 12.9. The van der Waals surface area contributed by atoms with Crippen LogP contribution < -0.4 is 14.4 Å². The number of allylic oxidation sites excluding steroid dienone is 1. The van der Waals surface area contributed by atoms with E-state index >= 15 is 0 Å². The number of benzene rings is 2. The zero-order chi connectivity index (χ0) is 34.7. The van der Waals surface area contributed by atoms with Crippen LogP contribution in [-0.2, 0) is 31.3 Å². The van der Waals surface area contributed by atoms with Crippen LogP contribution in [0.5, 0.6) is 5.75 Å². The van der Waals surface area contributed by atoms with Crippen molar-refractivity contribution in [3.63, 3.8) is 0 Å². The highest BCUT2D eigenvalue weighted by Crippen LogP contribution is 2.58. The fourth-order valence-corrected chi connectivity index (χ4v) is 12.0. The first-order valence-electron chi connectivity index (χ1n) is 18.7. The molecule has 2 aromatic carbocycles. The van der Waals surface area contributed by atoms with Crippen molar-refractivity contribution in [2.45, 2.75) is 89.1 Å². The van der Waals surface area contributed by atoms with Gasteiger partial charge in [0, 0.05) is 42.1 Å². The van der Waals surface area contributed by atoms with Gasteiger partial charge in [-0.2, -0.15) is 0 Å². The molecule has 0 saturated heterocycles. The van der Waals surface area contributed by atoms with Crippen LogP contribution >= 0.6 is 11.6 Å². The van der Waals surface area contributed by atoms with Crippen LogP contribution in [0.4, 0.5) is 5.69 Å². The van der Waals surface area contributed by atoms with Crippen LogP contribution in [0.25, 0.3) is 0 Å². The van der Waals surface area contributed by atoms with Gasteiger partial charge in [-0.05, 0) is 129 Å². The van der Waals surface area contributed by atoms with Crippen LogP contribution in [0.2, 0.25) is 5.02 Å². The average molecular weight is 720 g/mol. The first-order chi connectivity index (χ1) is 24.1. The van der Waals surface area contributed by atoms with Crippen LogP contribution in [0.3, 0.4) is 0 Å². The van der Waals surface area contributed by atoms with Crippen LogP contribution in [0.1, 0.15) is 92.6 Å². The molecule has 6 atom stereocenters. The average Bonchev–Trinajstić information content (AvgIpc) is 3.17. The van der Waals surface area contributed by atoms with E-state index in [1.165, 1.54) is 30.4 Å². The van der Waals surface area contributed by atoms with Gasteiger partial charge in [0.15, 0.2) is 0 Å². The Bertz CT molecular complexity index is 1820. The van der Waals surface area contributed by atoms with Crippen LogP contribution in [0, 0.1) is 29.1 Å². The van der Waals surface area contributed by atoms with Gasteiger partial charge >= 0.3 is 0 Å². The number of amides is 2. The van der Waals surface area contributed by atoms with Crippen molar-refractivity contribution in [2.24, 2.45) is 33.4 Å². The summed E-state index contributed by atoms with van der Waals surface area (Å²) in [6.45, 7) is 4.08. The lowest BCUT2D eigenvalue weighted by molar-refractivity contribution is -0.134. The van der Waals surface area contributed by atoms with Crippen molar-refractivity contribution < 1.29 is 23.3 Å². The minimum absolute atomic E-state index is 0.0258. The molecule has 10 heteroatoms. The maximum absolute atomic E-state index is 14.5. The van der Waals surface area contributed by atoms with Gasteiger partial charge < -0.3 is 14.4 Å². The fraction of sp³-hybridized carbons (Fsp3) is 0.600. The number of rotatable bonds is 3. The van der Waals surface area contributed by atoms with Crippen LogP contribution in [0.15, 0.2) is 52.9 Å². The fourth-order valence-electron chi connectivity index (χ4n) is 9.86. The van der Waals surface area contributed by atoms with E-state index in [4.69, 9.17) is 21.1 Å². The maximum Gasteiger partial charge on any atom is 0.286 e. The molecule has 0 radical (unpaired) electrons. The highest BCUT2D eigenvalue weighted by atomic mass is 35.5. The van der Waals surface area contributed by atoms with Gasteiger partial charge in [-0.1, -0.05) is 43.2 Å². The van der Waals surface area contributed by atoms with E-state index in [0.717, 1.165) is 74.5 Å². The second kappa shape index (κ2) is 13.3. The highest BCUT2D eigenvalue weighted by molar-refractivity contribution is 7.92. The molecule has 2 bridgehead atoms. The highest BCUT2D eigenvalue weighted by Gasteiger charge is 2.51. The summed E-state index contributed by atoms with van der Waals surface area (Å²) in [5, 5.41) is 0.753. The zero-order valence-electron chi connectivity index (χ0n) is 29.3. The summed E-state index contributed by atoms with van der Waals surface area (Å²) in [6, 6.07) is 11.7. The predicted molar refractivity (Wildman–Crippen MR) is 197 cm³/mol. The number of fused-ring (bicyclic) bond motifs is 4. The Morgan fingerprint density at radius 3 is 2.70 bits per heavy atom. The Morgan fingerprint density at radius 1 is 1.12 bits per heavy atom. The minimum atomic E-state index is -3.38. The van der Waals surface area contributed by atoms with Gasteiger partial charge in [0.2, 0.25) is 5.91 Å². The molecule has 2 spiro atoms. The monoisotopic (exact) mass is 719 g/mol. The number of hydrogen-bond acceptors (Lipinski definition) is 6. The second-order valence-corrected chi connectivity index (χ2v) is 18.8. The lowest BCUT2D eigenvalue weighted by Gasteiger charge is -2.53. The number of ether oxygens (including phenoxy) is 2. The van der Waals surface area contributed by atoms with Crippen molar-refractivity contribution in [2.75, 3.05) is 37.5 Å². The number of hydrogen-bond donors (Lipinski definition) is 1. The first-order valence-corrected chi connectivity index (χ1v) is 20.7. The summed E-state index contributed by atoms with van der Waals surface area (Å²) < 4.78 is 34.5. The summed E-state index contributed by atoms with van der Waals surface area (Å²) >= 11 is 6.46. The van der Waals surface area contributed by atoms with Crippen molar-refractivity contribution in [3.8, 4) is 5.75 Å². The Labute approximate surface area is 302 Å². The van der Waals surface area contributed by atoms with E-state index < -0.39 is 15.8 Å². The zero-order valence-corrected chi connectivity index (χ0v) is 30.9. The lowest BCUT2D eigenvalue weighted by atomic mass is 9.52. The van der Waals surface area contributed by atoms with E-state index in [-0.39, 0.29) is 35.0 Å². The van der Waals surface area contributed by atoms with Gasteiger partial charge in [-0.3, -0.25) is 14.3 Å². The minimum Gasteiger partial charge on any atom is -0.490 e. The van der Waals surface area contributed by atoms with Gasteiger partial charge in [-0.15, -0.1) is 4.36 Å². The molecule has 2 amide bonds. The predicted octanol–water partition coefficient (Wildman–Crippen LogP) is 7.67. The molecule has 2 heterocycles. The number of aryl methyl sites for hydroxylation is 1. The van der Waals surface area contributed by atoms with Gasteiger partial charge in [0.25, 0.3) is 5.91 Å². The number of anilines is 1. The molecule has 2 aromatic rings. The molecule has 268 valence electrons. The number of carbonyl (C=O) groups excluding carboxylic acids is 2. The largest absolute Gasteiger partial charge is 0.490 e. The van der Waals surface area contributed by atoms with E-state index in [1.54, 1.807) is 13.2 Å². The summed E-state index contributed by atoms with van der Waals surface area (Å²) in [6.07, 6.45) is 15.4. The second-order valence-electron chi connectivity index (χ2n) is 16.4. The Balaban J connectivity index is 1.17. The number of nitrogens with zero attached hydrogens (tertiary/aromatic N) is 2. The van der Waals surface area contributed by atoms with Crippen molar-refractivity contribution >= 4 is 39.0 Å². The third-order valence-corrected chi connectivity index (χ3v) is 15.2. The SMILES string of the molecule is CO[C@H]1/C=C/C[C@H](C)CS(=O)(NC(=O)C2CC3(CCC3)C2)=NC(=O)c2ccc3c(c2)N(C[C@@H]2CC[C@H]21)C[C@@]1(CCCc2cc(Cl)ccc21)CO3. The van der Waals surface area contributed by atoms with E-state index in [0.29, 0.717) is 35.8 Å². The number of halogens is 1. The molecule has 8 nitrogen and oxygen atoms in total. The molecule has 3 fully saturated rings. The summed E-state index contributed by atoms with van der Waals surface area (Å²) in [7, 11) is -1.60. The quantitative estimate of drug-likeness (QED) is 0.327. The molecule has 4 aliphatic carbocycles. The normalized spacial score (nSPS) is 34.1. The number of carbonyl (C=O) groups is 2. The third kappa shape index (κ3) is 6.40. The Hall–Kier alpha value is -2.88. The molecule has 1 N–H and O–H groups in total. The maximum atomic E-state index is 14.5. The molecular weight excluding hydrogens is 670 g/mol. The molecule has 8 rings (SSSR count). The smallest absolute Gasteiger partial charge is 0.286 e. The summed E-state index contributed by atoms with van der Waals surface area (Å²) in [4.78, 5) is 29.9. The molecule has 2 aliphatic heterocycles. The Morgan fingerprint density at radius 2 is 1.96 bits per heavy atom. The Kier molecular flexibility index (Phi) is 9.08. The number of nitrogens with one attached hydrogen (secondary N) is 1. The van der Waals surface area contributed by atoms with Crippen molar-refractivity contribution in [3.05, 3.63) is 70.3 Å². The summed E-state index contributed by atoms with van der Waals surface area (Å²) in [5.74, 6) is 0.559. The molecule has 1 unspecified atom stereocenters. The van der Waals surface area contributed by atoms with Crippen LogP contribution in [-0.4, -0.2) is 54.7 Å². The van der Waals surface area contributed by atoms with E-state index in [9.17, 15) is 13.8 Å².